The zero-order valence-corrected chi connectivity index (χ0v) is 8.90. The summed E-state index contributed by atoms with van der Waals surface area (Å²) in [5.41, 5.74) is 1.77. The molecule has 0 bridgehead atoms. The minimum Gasteiger partial charge on any atom is -0.454 e. The largest absolute Gasteiger partial charge is 0.454 e. The first-order chi connectivity index (χ1) is 7.45. The molecule has 76 valence electrons. The van der Waals surface area contributed by atoms with Crippen LogP contribution < -0.4 is 0 Å². The topological polar surface area (TPSA) is 26.0 Å². The van der Waals surface area contributed by atoms with Crippen molar-refractivity contribution >= 4 is 21.9 Å². The molecule has 0 fully saturated rings. The van der Waals surface area contributed by atoms with E-state index in [0.717, 1.165) is 21.9 Å². The van der Waals surface area contributed by atoms with Crippen LogP contribution in [-0.4, -0.2) is 4.98 Å². The lowest BCUT2D eigenvalue weighted by Crippen LogP contribution is -1.67. The van der Waals surface area contributed by atoms with Crippen molar-refractivity contribution in [1.29, 1.82) is 0 Å². The molecule has 2 heterocycles. The first kappa shape index (κ1) is 9.71. The van der Waals surface area contributed by atoms with Crippen LogP contribution in [0.4, 0.5) is 0 Å². The van der Waals surface area contributed by atoms with Gasteiger partial charge in [-0.3, -0.25) is 4.98 Å². The number of benzene rings is 1. The SMILES string of the molecule is CC.c1ccc2c(c1)oc1cnccc12. The third kappa shape index (κ3) is 1.59. The number of rotatable bonds is 0. The molecule has 0 saturated heterocycles. The van der Waals surface area contributed by atoms with Crippen LogP contribution >= 0.6 is 0 Å². The van der Waals surface area contributed by atoms with E-state index in [1.54, 1.807) is 12.4 Å². The second-order valence-electron chi connectivity index (χ2n) is 2.97. The first-order valence-corrected chi connectivity index (χ1v) is 5.16. The zero-order chi connectivity index (χ0) is 10.7. The highest BCUT2D eigenvalue weighted by Crippen LogP contribution is 2.26. The van der Waals surface area contributed by atoms with E-state index in [9.17, 15) is 0 Å². The lowest BCUT2D eigenvalue weighted by atomic mass is 10.2. The van der Waals surface area contributed by atoms with E-state index in [2.05, 4.69) is 11.1 Å². The molecule has 3 rings (SSSR count). The Morgan fingerprint density at radius 2 is 1.67 bits per heavy atom. The van der Waals surface area contributed by atoms with E-state index >= 15 is 0 Å². The second-order valence-corrected chi connectivity index (χ2v) is 2.97. The Hall–Kier alpha value is -1.83. The Kier molecular flexibility index (Phi) is 2.68. The van der Waals surface area contributed by atoms with Gasteiger partial charge < -0.3 is 4.42 Å². The molecule has 3 aromatic rings. The quantitative estimate of drug-likeness (QED) is 0.546. The van der Waals surface area contributed by atoms with Gasteiger partial charge in [0.15, 0.2) is 5.58 Å². The maximum atomic E-state index is 5.59. The lowest BCUT2D eigenvalue weighted by molar-refractivity contribution is 0.667. The molecule has 0 atom stereocenters. The maximum absolute atomic E-state index is 5.59. The summed E-state index contributed by atoms with van der Waals surface area (Å²) >= 11 is 0. The number of fused-ring (bicyclic) bond motifs is 3. The Balaban J connectivity index is 0.000000404. The molecule has 2 aromatic heterocycles. The van der Waals surface area contributed by atoms with Crippen molar-refractivity contribution in [2.24, 2.45) is 0 Å². The summed E-state index contributed by atoms with van der Waals surface area (Å²) in [7, 11) is 0. The normalized spacial score (nSPS) is 10.0. The molecule has 0 spiro atoms. The third-order valence-electron chi connectivity index (χ3n) is 2.18. The minimum absolute atomic E-state index is 0.851. The highest BCUT2D eigenvalue weighted by molar-refractivity contribution is 6.04. The van der Waals surface area contributed by atoms with Crippen LogP contribution in [0.5, 0.6) is 0 Å². The van der Waals surface area contributed by atoms with Gasteiger partial charge in [0.1, 0.15) is 5.58 Å². The number of nitrogens with zero attached hydrogens (tertiary/aromatic N) is 1. The summed E-state index contributed by atoms with van der Waals surface area (Å²) < 4.78 is 5.59. The number of hydrogen-bond acceptors (Lipinski definition) is 2. The van der Waals surface area contributed by atoms with E-state index in [0.29, 0.717) is 0 Å². The Bertz CT molecular complexity index is 518. The molecule has 0 amide bonds. The van der Waals surface area contributed by atoms with Gasteiger partial charge in [-0.15, -0.1) is 0 Å². The minimum atomic E-state index is 0.851. The standard InChI is InChI=1S/C11H7NO.C2H6/c1-2-4-10-8(3-1)9-5-6-12-7-11(9)13-10;1-2/h1-7H;1-2H3. The van der Waals surface area contributed by atoms with Crippen molar-refractivity contribution in [2.45, 2.75) is 13.8 Å². The fourth-order valence-corrected chi connectivity index (χ4v) is 1.58. The van der Waals surface area contributed by atoms with Gasteiger partial charge in [0.05, 0.1) is 6.20 Å². The monoisotopic (exact) mass is 199 g/mol. The number of aromatic nitrogens is 1. The van der Waals surface area contributed by atoms with E-state index < -0.39 is 0 Å². The molecule has 0 aliphatic heterocycles. The molecule has 1 aromatic carbocycles. The third-order valence-corrected chi connectivity index (χ3v) is 2.18. The Morgan fingerprint density at radius 1 is 0.933 bits per heavy atom. The molecular weight excluding hydrogens is 186 g/mol. The smallest absolute Gasteiger partial charge is 0.153 e. The van der Waals surface area contributed by atoms with Gasteiger partial charge in [-0.25, -0.2) is 0 Å². The van der Waals surface area contributed by atoms with E-state index in [1.807, 2.05) is 38.1 Å². The number of pyridine rings is 1. The van der Waals surface area contributed by atoms with Crippen LogP contribution in [0.25, 0.3) is 21.9 Å². The van der Waals surface area contributed by atoms with Crippen molar-refractivity contribution < 1.29 is 4.42 Å². The molecule has 0 aliphatic carbocycles. The van der Waals surface area contributed by atoms with Gasteiger partial charge in [-0.2, -0.15) is 0 Å². The predicted octanol–water partition coefficient (Wildman–Crippen LogP) is 4.01. The van der Waals surface area contributed by atoms with Crippen molar-refractivity contribution in [3.8, 4) is 0 Å². The average Bonchev–Trinajstić information content (AvgIpc) is 2.70. The van der Waals surface area contributed by atoms with E-state index in [-0.39, 0.29) is 0 Å². The van der Waals surface area contributed by atoms with E-state index in [1.165, 1.54) is 0 Å². The van der Waals surface area contributed by atoms with Crippen molar-refractivity contribution in [3.05, 3.63) is 42.7 Å². The van der Waals surface area contributed by atoms with E-state index in [4.69, 9.17) is 4.42 Å². The van der Waals surface area contributed by atoms with Crippen molar-refractivity contribution in [1.82, 2.24) is 4.98 Å². The molecule has 2 nitrogen and oxygen atoms in total. The summed E-state index contributed by atoms with van der Waals surface area (Å²) in [6.07, 6.45) is 3.53. The van der Waals surface area contributed by atoms with Gasteiger partial charge in [0.25, 0.3) is 0 Å². The Labute approximate surface area is 88.5 Å². The highest BCUT2D eigenvalue weighted by atomic mass is 16.3. The summed E-state index contributed by atoms with van der Waals surface area (Å²) in [5, 5.41) is 2.28. The van der Waals surface area contributed by atoms with Crippen LogP contribution in [0.15, 0.2) is 47.1 Å². The highest BCUT2D eigenvalue weighted by Gasteiger charge is 2.03. The van der Waals surface area contributed by atoms with Crippen LogP contribution in [0, 0.1) is 0 Å². The van der Waals surface area contributed by atoms with Crippen LogP contribution in [-0.2, 0) is 0 Å². The van der Waals surface area contributed by atoms with Gasteiger partial charge in [0, 0.05) is 17.0 Å². The van der Waals surface area contributed by atoms with Crippen molar-refractivity contribution in [3.63, 3.8) is 0 Å². The second kappa shape index (κ2) is 4.13. The fraction of sp³-hybridized carbons (Fsp3) is 0.154. The number of para-hydroxylation sites is 1. The summed E-state index contributed by atoms with van der Waals surface area (Å²) in [4.78, 5) is 4.01. The average molecular weight is 199 g/mol. The first-order valence-electron chi connectivity index (χ1n) is 5.16. The summed E-state index contributed by atoms with van der Waals surface area (Å²) in [6, 6.07) is 9.98. The molecule has 2 heteroatoms. The van der Waals surface area contributed by atoms with Crippen molar-refractivity contribution in [2.75, 3.05) is 0 Å². The predicted molar refractivity (Wildman–Crippen MR) is 62.9 cm³/mol. The molecule has 0 N–H and O–H groups in total. The maximum Gasteiger partial charge on any atom is 0.153 e. The number of furan rings is 1. The zero-order valence-electron chi connectivity index (χ0n) is 8.90. The Morgan fingerprint density at radius 3 is 2.53 bits per heavy atom. The van der Waals surface area contributed by atoms with Gasteiger partial charge >= 0.3 is 0 Å². The molecule has 0 radical (unpaired) electrons. The van der Waals surface area contributed by atoms with Crippen LogP contribution in [0.2, 0.25) is 0 Å². The van der Waals surface area contributed by atoms with Gasteiger partial charge in [0.2, 0.25) is 0 Å². The molecule has 15 heavy (non-hydrogen) atoms. The van der Waals surface area contributed by atoms with Gasteiger partial charge in [-0.1, -0.05) is 32.0 Å². The number of hydrogen-bond donors (Lipinski definition) is 0. The fourth-order valence-electron chi connectivity index (χ4n) is 1.58. The van der Waals surface area contributed by atoms with Gasteiger partial charge in [-0.05, 0) is 12.1 Å². The summed E-state index contributed by atoms with van der Waals surface area (Å²) in [6.45, 7) is 4.00. The molecule has 0 saturated carbocycles. The van der Waals surface area contributed by atoms with Crippen LogP contribution in [0.1, 0.15) is 13.8 Å². The van der Waals surface area contributed by atoms with Crippen LogP contribution in [0.3, 0.4) is 0 Å². The molecule has 0 aliphatic rings. The molecule has 0 unspecified atom stereocenters. The lowest BCUT2D eigenvalue weighted by Gasteiger charge is -1.84. The molecular formula is C13H13NO. The summed E-state index contributed by atoms with van der Waals surface area (Å²) in [5.74, 6) is 0.